The number of hydrogen-bond donors (Lipinski definition) is 1. The van der Waals surface area contributed by atoms with Gasteiger partial charge in [-0.15, -0.1) is 11.3 Å². The molecule has 3 nitrogen and oxygen atoms in total. The first kappa shape index (κ1) is 10.9. The molecule has 1 aliphatic rings. The molecule has 0 unspecified atom stereocenters. The molecule has 1 N–H and O–H groups in total. The topological polar surface area (TPSA) is 36.1 Å². The Kier molecular flexibility index (Phi) is 2.72. The second kappa shape index (κ2) is 4.23. The molecule has 0 saturated carbocycles. The van der Waals surface area contributed by atoms with Crippen LogP contribution >= 0.6 is 23.6 Å². The van der Waals surface area contributed by atoms with E-state index in [0.717, 1.165) is 45.7 Å². The number of carbonyl (C=O) groups is 1. The highest BCUT2D eigenvalue weighted by atomic mass is 32.1. The van der Waals surface area contributed by atoms with E-state index in [1.807, 2.05) is 23.1 Å². The van der Waals surface area contributed by atoms with E-state index in [1.165, 1.54) is 11.3 Å². The van der Waals surface area contributed by atoms with E-state index < -0.39 is 0 Å². The number of nitrogens with one attached hydrogen (secondary N) is 1. The second-order valence-corrected chi connectivity index (χ2v) is 5.94. The lowest BCUT2D eigenvalue weighted by atomic mass is 10.2. The largest absolute Gasteiger partial charge is 0.339 e. The highest BCUT2D eigenvalue weighted by Gasteiger charge is 2.19. The number of hydrogen-bond acceptors (Lipinski definition) is 3. The zero-order valence-electron chi connectivity index (χ0n) is 9.23. The monoisotopic (exact) mass is 264 g/mol. The number of amides is 1. The number of aromatic nitrogens is 1. The summed E-state index contributed by atoms with van der Waals surface area (Å²) in [6.45, 7) is 1.77. The van der Waals surface area contributed by atoms with Crippen LogP contribution in [0, 0.1) is 3.95 Å². The Labute approximate surface area is 108 Å². The minimum absolute atomic E-state index is 0.134. The number of thiazole rings is 1. The number of nitrogens with zero attached hydrogens (tertiary/aromatic N) is 1. The number of carbonyl (C=O) groups excluding carboxylic acids is 1. The molecular weight excluding hydrogens is 252 g/mol. The standard InChI is InChI=1S/C12H12N2OS2/c15-11(14-5-1-2-6-14)8-3-4-10-9(7-8)13-12(16)17-10/h3-4,7H,1-2,5-6H2,(H,13,16). The van der Waals surface area contributed by atoms with E-state index in [0.29, 0.717) is 0 Å². The summed E-state index contributed by atoms with van der Waals surface area (Å²) in [4.78, 5) is 17.2. The van der Waals surface area contributed by atoms with Gasteiger partial charge in [-0.3, -0.25) is 4.79 Å². The molecule has 0 atom stereocenters. The molecule has 1 amide bonds. The van der Waals surface area contributed by atoms with Gasteiger partial charge in [0.25, 0.3) is 5.91 Å². The maximum atomic E-state index is 12.2. The van der Waals surface area contributed by atoms with Crippen LogP contribution in [0.4, 0.5) is 0 Å². The van der Waals surface area contributed by atoms with E-state index >= 15 is 0 Å². The van der Waals surface area contributed by atoms with E-state index in [4.69, 9.17) is 12.2 Å². The molecule has 88 valence electrons. The molecule has 2 heterocycles. The van der Waals surface area contributed by atoms with Crippen LogP contribution in [-0.4, -0.2) is 28.9 Å². The summed E-state index contributed by atoms with van der Waals surface area (Å²) in [5.74, 6) is 0.134. The van der Waals surface area contributed by atoms with E-state index in [9.17, 15) is 4.79 Å². The molecule has 1 aliphatic heterocycles. The van der Waals surface area contributed by atoms with Crippen molar-refractivity contribution in [1.29, 1.82) is 0 Å². The molecule has 1 aromatic heterocycles. The zero-order valence-corrected chi connectivity index (χ0v) is 10.9. The van der Waals surface area contributed by atoms with Crippen LogP contribution in [0.5, 0.6) is 0 Å². The second-order valence-electron chi connectivity index (χ2n) is 4.22. The van der Waals surface area contributed by atoms with Crippen LogP contribution < -0.4 is 0 Å². The highest BCUT2D eigenvalue weighted by Crippen LogP contribution is 2.22. The Morgan fingerprint density at radius 1 is 1.35 bits per heavy atom. The third kappa shape index (κ3) is 2.00. The third-order valence-corrected chi connectivity index (χ3v) is 4.27. The number of likely N-dealkylation sites (tertiary alicyclic amines) is 1. The highest BCUT2D eigenvalue weighted by molar-refractivity contribution is 7.73. The van der Waals surface area contributed by atoms with Crippen LogP contribution in [0.25, 0.3) is 10.2 Å². The molecule has 1 saturated heterocycles. The number of benzene rings is 1. The molecule has 0 radical (unpaired) electrons. The van der Waals surface area contributed by atoms with Gasteiger partial charge in [0.05, 0.1) is 10.2 Å². The van der Waals surface area contributed by atoms with Gasteiger partial charge in [0, 0.05) is 18.7 Å². The summed E-state index contributed by atoms with van der Waals surface area (Å²) in [5.41, 5.74) is 1.72. The van der Waals surface area contributed by atoms with Crippen molar-refractivity contribution in [2.24, 2.45) is 0 Å². The lowest BCUT2D eigenvalue weighted by molar-refractivity contribution is 0.0793. The fourth-order valence-electron chi connectivity index (χ4n) is 2.19. The Morgan fingerprint density at radius 2 is 2.12 bits per heavy atom. The fourth-order valence-corrected chi connectivity index (χ4v) is 3.28. The summed E-state index contributed by atoms with van der Waals surface area (Å²) >= 11 is 6.64. The van der Waals surface area contributed by atoms with Crippen LogP contribution in [0.3, 0.4) is 0 Å². The normalized spacial score (nSPS) is 15.6. The van der Waals surface area contributed by atoms with Crippen LogP contribution in [0.1, 0.15) is 23.2 Å². The molecule has 5 heteroatoms. The first-order valence-corrected chi connectivity index (χ1v) is 6.89. The lowest BCUT2D eigenvalue weighted by Gasteiger charge is -2.14. The van der Waals surface area contributed by atoms with Gasteiger partial charge < -0.3 is 9.88 Å². The van der Waals surface area contributed by atoms with Gasteiger partial charge in [-0.1, -0.05) is 0 Å². The predicted molar refractivity (Wildman–Crippen MR) is 72.1 cm³/mol. The minimum Gasteiger partial charge on any atom is -0.339 e. The van der Waals surface area contributed by atoms with Gasteiger partial charge in [-0.2, -0.15) is 0 Å². The van der Waals surface area contributed by atoms with Gasteiger partial charge in [0.1, 0.15) is 0 Å². The molecule has 0 spiro atoms. The van der Waals surface area contributed by atoms with Crippen molar-refractivity contribution in [3.63, 3.8) is 0 Å². The molecule has 0 aliphatic carbocycles. The summed E-state index contributed by atoms with van der Waals surface area (Å²) in [6.07, 6.45) is 2.24. The number of aromatic amines is 1. The SMILES string of the molecule is O=C(c1ccc2sc(=S)[nH]c2c1)N1CCCC1. The zero-order chi connectivity index (χ0) is 11.8. The Balaban J connectivity index is 1.99. The lowest BCUT2D eigenvalue weighted by Crippen LogP contribution is -2.27. The van der Waals surface area contributed by atoms with E-state index in [1.54, 1.807) is 0 Å². The van der Waals surface area contributed by atoms with Crippen molar-refractivity contribution in [2.75, 3.05) is 13.1 Å². The van der Waals surface area contributed by atoms with Gasteiger partial charge in [0.15, 0.2) is 3.95 Å². The summed E-state index contributed by atoms with van der Waals surface area (Å²) < 4.78 is 1.86. The van der Waals surface area contributed by atoms with Crippen molar-refractivity contribution < 1.29 is 4.79 Å². The summed E-state index contributed by atoms with van der Waals surface area (Å²) in [5, 5.41) is 0. The number of fused-ring (bicyclic) bond motifs is 1. The smallest absolute Gasteiger partial charge is 0.253 e. The maximum absolute atomic E-state index is 12.2. The number of rotatable bonds is 1. The van der Waals surface area contributed by atoms with Crippen molar-refractivity contribution in [2.45, 2.75) is 12.8 Å². The van der Waals surface area contributed by atoms with Gasteiger partial charge in [-0.25, -0.2) is 0 Å². The van der Waals surface area contributed by atoms with Crippen LogP contribution in [-0.2, 0) is 0 Å². The summed E-state index contributed by atoms with van der Waals surface area (Å²) in [7, 11) is 0. The van der Waals surface area contributed by atoms with E-state index in [2.05, 4.69) is 4.98 Å². The van der Waals surface area contributed by atoms with E-state index in [-0.39, 0.29) is 5.91 Å². The van der Waals surface area contributed by atoms with Gasteiger partial charge >= 0.3 is 0 Å². The molecule has 2 aromatic rings. The first-order chi connectivity index (χ1) is 8.24. The van der Waals surface area contributed by atoms with Crippen molar-refractivity contribution in [1.82, 2.24) is 9.88 Å². The molecule has 17 heavy (non-hydrogen) atoms. The maximum Gasteiger partial charge on any atom is 0.253 e. The van der Waals surface area contributed by atoms with Crippen molar-refractivity contribution >= 4 is 39.7 Å². The van der Waals surface area contributed by atoms with Crippen molar-refractivity contribution in [3.05, 3.63) is 27.7 Å². The Morgan fingerprint density at radius 3 is 2.88 bits per heavy atom. The average molecular weight is 264 g/mol. The Bertz CT molecular complexity index is 623. The number of H-pyrrole nitrogens is 1. The van der Waals surface area contributed by atoms with Gasteiger partial charge in [-0.05, 0) is 43.3 Å². The molecule has 1 fully saturated rings. The third-order valence-electron chi connectivity index (χ3n) is 3.06. The van der Waals surface area contributed by atoms with Crippen LogP contribution in [0.2, 0.25) is 0 Å². The molecule has 0 bridgehead atoms. The quantitative estimate of drug-likeness (QED) is 0.803. The molecule has 3 rings (SSSR count). The predicted octanol–water partition coefficient (Wildman–Crippen LogP) is 3.19. The minimum atomic E-state index is 0.134. The fraction of sp³-hybridized carbons (Fsp3) is 0.333. The molecular formula is C12H12N2OS2. The summed E-state index contributed by atoms with van der Waals surface area (Å²) in [6, 6.07) is 5.76. The first-order valence-electron chi connectivity index (χ1n) is 5.66. The van der Waals surface area contributed by atoms with Gasteiger partial charge in [0.2, 0.25) is 0 Å². The van der Waals surface area contributed by atoms with Crippen molar-refractivity contribution in [3.8, 4) is 0 Å². The molecule has 1 aromatic carbocycles. The van der Waals surface area contributed by atoms with Crippen LogP contribution in [0.15, 0.2) is 18.2 Å². The Hall–Kier alpha value is -1.20. The average Bonchev–Trinajstić information content (AvgIpc) is 2.94.